The molecule has 0 atom stereocenters. The van der Waals surface area contributed by atoms with Crippen LogP contribution in [0.1, 0.15) is 15.9 Å². The molecule has 1 aliphatic heterocycles. The molecule has 0 aromatic heterocycles. The van der Waals surface area contributed by atoms with Crippen LogP contribution in [0.5, 0.6) is 0 Å². The third-order valence-electron chi connectivity index (χ3n) is 4.92. The average Bonchev–Trinajstić information content (AvgIpc) is 2.70. The van der Waals surface area contributed by atoms with Gasteiger partial charge >= 0.3 is 0 Å². The average molecular weight is 383 g/mol. The minimum Gasteiger partial charge on any atom is -0.393 e. The van der Waals surface area contributed by atoms with E-state index < -0.39 is 4.92 Å². The van der Waals surface area contributed by atoms with Gasteiger partial charge in [-0.05, 0) is 17.7 Å². The Bertz CT molecular complexity index is 820. The number of anilines is 1. The SMILES string of the molecule is Nc1ccc(C(=O)NCCN2CCN(Cc3ccccc3)CC2)cc1[N+](=O)[O-]. The summed E-state index contributed by atoms with van der Waals surface area (Å²) < 4.78 is 0. The minimum absolute atomic E-state index is 0.0509. The molecule has 0 spiro atoms. The quantitative estimate of drug-likeness (QED) is 0.429. The van der Waals surface area contributed by atoms with E-state index >= 15 is 0 Å². The highest BCUT2D eigenvalue weighted by Gasteiger charge is 2.18. The van der Waals surface area contributed by atoms with Gasteiger partial charge in [0.1, 0.15) is 5.69 Å². The van der Waals surface area contributed by atoms with E-state index in [0.29, 0.717) is 6.54 Å². The number of hydrogen-bond acceptors (Lipinski definition) is 6. The van der Waals surface area contributed by atoms with E-state index in [1.807, 2.05) is 6.07 Å². The molecule has 148 valence electrons. The van der Waals surface area contributed by atoms with Crippen molar-refractivity contribution in [1.82, 2.24) is 15.1 Å². The van der Waals surface area contributed by atoms with Crippen LogP contribution in [0.3, 0.4) is 0 Å². The Hall–Kier alpha value is -2.97. The molecule has 2 aromatic rings. The molecule has 8 nitrogen and oxygen atoms in total. The third-order valence-corrected chi connectivity index (χ3v) is 4.92. The van der Waals surface area contributed by atoms with E-state index in [9.17, 15) is 14.9 Å². The van der Waals surface area contributed by atoms with Crippen molar-refractivity contribution in [3.63, 3.8) is 0 Å². The first-order chi connectivity index (χ1) is 13.5. The number of nitro groups is 1. The molecular weight excluding hydrogens is 358 g/mol. The zero-order valence-corrected chi connectivity index (χ0v) is 15.7. The number of nitrogens with one attached hydrogen (secondary N) is 1. The molecule has 1 aliphatic rings. The predicted octanol–water partition coefficient (Wildman–Crippen LogP) is 1.72. The third kappa shape index (κ3) is 5.28. The van der Waals surface area contributed by atoms with Crippen LogP contribution < -0.4 is 11.1 Å². The topological polar surface area (TPSA) is 105 Å². The molecule has 0 aliphatic carbocycles. The smallest absolute Gasteiger partial charge is 0.292 e. The van der Waals surface area contributed by atoms with E-state index in [1.54, 1.807) is 0 Å². The van der Waals surface area contributed by atoms with E-state index in [0.717, 1.165) is 39.3 Å². The molecule has 3 rings (SSSR count). The fourth-order valence-electron chi connectivity index (χ4n) is 3.29. The van der Waals surface area contributed by atoms with Crippen molar-refractivity contribution in [1.29, 1.82) is 0 Å². The number of nitrogen functional groups attached to an aromatic ring is 1. The highest BCUT2D eigenvalue weighted by atomic mass is 16.6. The second-order valence-corrected chi connectivity index (χ2v) is 6.89. The van der Waals surface area contributed by atoms with Gasteiger partial charge in [0, 0.05) is 57.4 Å². The van der Waals surface area contributed by atoms with Crippen molar-refractivity contribution in [3.8, 4) is 0 Å². The summed E-state index contributed by atoms with van der Waals surface area (Å²) in [6.45, 7) is 6.10. The van der Waals surface area contributed by atoms with Crippen LogP contribution in [0.15, 0.2) is 48.5 Å². The molecule has 0 unspecified atom stereocenters. The number of nitro benzene ring substituents is 1. The zero-order chi connectivity index (χ0) is 19.9. The number of nitrogens with two attached hydrogens (primary N) is 1. The number of benzene rings is 2. The first-order valence-corrected chi connectivity index (χ1v) is 9.33. The molecule has 0 radical (unpaired) electrons. The van der Waals surface area contributed by atoms with Gasteiger partial charge in [0.2, 0.25) is 0 Å². The first-order valence-electron chi connectivity index (χ1n) is 9.33. The van der Waals surface area contributed by atoms with E-state index in [1.165, 1.54) is 23.8 Å². The van der Waals surface area contributed by atoms with Gasteiger partial charge in [0.25, 0.3) is 11.6 Å². The van der Waals surface area contributed by atoms with Crippen LogP contribution in [0.2, 0.25) is 0 Å². The monoisotopic (exact) mass is 383 g/mol. The first kappa shape index (κ1) is 19.8. The lowest BCUT2D eigenvalue weighted by Crippen LogP contribution is -2.48. The summed E-state index contributed by atoms with van der Waals surface area (Å²) in [5, 5.41) is 13.8. The maximum absolute atomic E-state index is 12.2. The van der Waals surface area contributed by atoms with Crippen molar-refractivity contribution >= 4 is 17.3 Å². The summed E-state index contributed by atoms with van der Waals surface area (Å²) in [4.78, 5) is 27.3. The normalized spacial score (nSPS) is 15.3. The summed E-state index contributed by atoms with van der Waals surface area (Å²) >= 11 is 0. The number of rotatable bonds is 7. The number of piperazine rings is 1. The van der Waals surface area contributed by atoms with Crippen molar-refractivity contribution in [2.24, 2.45) is 0 Å². The fraction of sp³-hybridized carbons (Fsp3) is 0.350. The Labute approximate surface area is 164 Å². The van der Waals surface area contributed by atoms with Gasteiger partial charge in [-0.2, -0.15) is 0 Å². The maximum atomic E-state index is 12.2. The molecular formula is C20H25N5O3. The lowest BCUT2D eigenvalue weighted by atomic mass is 10.1. The van der Waals surface area contributed by atoms with Crippen LogP contribution in [-0.2, 0) is 6.54 Å². The maximum Gasteiger partial charge on any atom is 0.292 e. The van der Waals surface area contributed by atoms with Gasteiger partial charge in [-0.1, -0.05) is 30.3 Å². The molecule has 1 saturated heterocycles. The number of hydrogen-bond donors (Lipinski definition) is 2. The van der Waals surface area contributed by atoms with E-state index in [-0.39, 0.29) is 22.8 Å². The fourth-order valence-corrected chi connectivity index (χ4v) is 3.29. The van der Waals surface area contributed by atoms with Gasteiger partial charge in [0.15, 0.2) is 0 Å². The molecule has 2 aromatic carbocycles. The second-order valence-electron chi connectivity index (χ2n) is 6.89. The van der Waals surface area contributed by atoms with Crippen molar-refractivity contribution in [2.45, 2.75) is 6.54 Å². The Morgan fingerprint density at radius 1 is 1.07 bits per heavy atom. The van der Waals surface area contributed by atoms with Gasteiger partial charge in [-0.3, -0.25) is 24.7 Å². The molecule has 1 fully saturated rings. The van der Waals surface area contributed by atoms with Crippen molar-refractivity contribution < 1.29 is 9.72 Å². The van der Waals surface area contributed by atoms with Crippen LogP contribution in [0, 0.1) is 10.1 Å². The minimum atomic E-state index is -0.582. The number of nitrogens with zero attached hydrogens (tertiary/aromatic N) is 3. The standard InChI is InChI=1S/C20H25N5O3/c21-18-7-6-17(14-19(18)25(27)28)20(26)22-8-9-23-10-12-24(13-11-23)15-16-4-2-1-3-5-16/h1-7,14H,8-13,15,21H2,(H,22,26). The molecule has 1 amide bonds. The number of carbonyl (C=O) groups excluding carboxylic acids is 1. The number of carbonyl (C=O) groups is 1. The van der Waals surface area contributed by atoms with E-state index in [4.69, 9.17) is 5.73 Å². The largest absolute Gasteiger partial charge is 0.393 e. The van der Waals surface area contributed by atoms with Gasteiger partial charge in [0.05, 0.1) is 4.92 Å². The highest BCUT2D eigenvalue weighted by Crippen LogP contribution is 2.22. The molecule has 8 heteroatoms. The molecule has 0 bridgehead atoms. The van der Waals surface area contributed by atoms with Crippen LogP contribution in [-0.4, -0.2) is 59.9 Å². The lowest BCUT2D eigenvalue weighted by Gasteiger charge is -2.34. The van der Waals surface area contributed by atoms with Gasteiger partial charge < -0.3 is 11.1 Å². The van der Waals surface area contributed by atoms with Gasteiger partial charge in [-0.25, -0.2) is 0 Å². The predicted molar refractivity (Wildman–Crippen MR) is 108 cm³/mol. The van der Waals surface area contributed by atoms with Crippen molar-refractivity contribution in [3.05, 3.63) is 69.8 Å². The molecule has 28 heavy (non-hydrogen) atoms. The summed E-state index contributed by atoms with van der Waals surface area (Å²) in [5.41, 5.74) is 6.93. The van der Waals surface area contributed by atoms with Crippen LogP contribution in [0.4, 0.5) is 11.4 Å². The molecule has 1 heterocycles. The summed E-state index contributed by atoms with van der Waals surface area (Å²) in [5.74, 6) is -0.328. The van der Waals surface area contributed by atoms with Gasteiger partial charge in [-0.15, -0.1) is 0 Å². The molecule has 0 saturated carbocycles. The Kier molecular flexibility index (Phi) is 6.57. The van der Waals surface area contributed by atoms with E-state index in [2.05, 4.69) is 39.4 Å². The second kappa shape index (κ2) is 9.29. The summed E-state index contributed by atoms with van der Waals surface area (Å²) in [6, 6.07) is 14.5. The Morgan fingerprint density at radius 3 is 2.43 bits per heavy atom. The number of amides is 1. The van der Waals surface area contributed by atoms with Crippen molar-refractivity contribution in [2.75, 3.05) is 45.0 Å². The zero-order valence-electron chi connectivity index (χ0n) is 15.7. The highest BCUT2D eigenvalue weighted by molar-refractivity contribution is 5.95. The lowest BCUT2D eigenvalue weighted by molar-refractivity contribution is -0.383. The molecule has 3 N–H and O–H groups in total. The van der Waals surface area contributed by atoms with Crippen LogP contribution >= 0.6 is 0 Å². The Morgan fingerprint density at radius 2 is 1.75 bits per heavy atom. The van der Waals surface area contributed by atoms with Crippen LogP contribution in [0.25, 0.3) is 0 Å². The summed E-state index contributed by atoms with van der Waals surface area (Å²) in [6.07, 6.45) is 0. The Balaban J connectivity index is 1.40. The summed E-state index contributed by atoms with van der Waals surface area (Å²) in [7, 11) is 0.